The van der Waals surface area contributed by atoms with Crippen molar-refractivity contribution in [1.82, 2.24) is 29.7 Å². The van der Waals surface area contributed by atoms with E-state index in [2.05, 4.69) is 35.4 Å². The fraction of sp³-hybridized carbons (Fsp3) is 0.538. The van der Waals surface area contributed by atoms with Gasteiger partial charge in [0.15, 0.2) is 0 Å². The van der Waals surface area contributed by atoms with Gasteiger partial charge in [-0.1, -0.05) is 12.8 Å². The van der Waals surface area contributed by atoms with Crippen molar-refractivity contribution in [1.29, 1.82) is 0 Å². The number of aliphatic hydroxyl groups excluding tert-OH is 2. The minimum atomic E-state index is -0.952. The number of carboxylic acids is 1. The average Bonchev–Trinajstić information content (AvgIpc) is 3.58. The maximum absolute atomic E-state index is 11.8. The van der Waals surface area contributed by atoms with Crippen LogP contribution in [0.4, 0.5) is 17.5 Å². The van der Waals surface area contributed by atoms with Gasteiger partial charge in [-0.05, 0) is 45.1 Å². The first-order valence-corrected chi connectivity index (χ1v) is 13.1. The molecule has 1 saturated heterocycles. The van der Waals surface area contributed by atoms with Crippen molar-refractivity contribution in [2.45, 2.75) is 37.8 Å². The van der Waals surface area contributed by atoms with Crippen LogP contribution in [-0.4, -0.2) is 105 Å². The number of nitrogens with one attached hydrogen (secondary N) is 2. The fourth-order valence-electron chi connectivity index (χ4n) is 5.07. The molecule has 4 heterocycles. The summed E-state index contributed by atoms with van der Waals surface area (Å²) in [7, 11) is 3.75. The number of pyridine rings is 1. The third-order valence-corrected chi connectivity index (χ3v) is 6.89. The molecule has 0 aromatic carbocycles. The number of rotatable bonds is 8. The normalized spacial score (nSPS) is 17.3. The standard InChI is InChI=1S/C24H31N7O4.C2H7N/c32-15-19(33)14-29-7-9-30(10-8-29)18-5-6-21(25-13-18)27-24-26-12-16-11-20(23(34)35)31(22(16)28-24)17-3-1-2-4-17;1-3-2/h5-6,11-13,17,19,32-33H,1-4,7-10,14-15H2,(H,34,35)(H,25,26,27,28);3H,1-2H3/t19-;/m0./s1. The van der Waals surface area contributed by atoms with Gasteiger partial charge in [-0.25, -0.2) is 14.8 Å². The third-order valence-electron chi connectivity index (χ3n) is 6.89. The SMILES string of the molecule is CNC.O=C(O)c1cc2cnc(Nc3ccc(N4CCN(C[C@H](O)CO)CC4)cn3)nc2n1C1CCCC1. The van der Waals surface area contributed by atoms with E-state index in [1.165, 1.54) is 0 Å². The minimum Gasteiger partial charge on any atom is -0.477 e. The second-order valence-electron chi connectivity index (χ2n) is 9.77. The van der Waals surface area contributed by atoms with Crippen molar-refractivity contribution in [3.63, 3.8) is 0 Å². The van der Waals surface area contributed by atoms with E-state index in [-0.39, 0.29) is 18.3 Å². The Balaban J connectivity index is 0.00000107. The van der Waals surface area contributed by atoms with E-state index >= 15 is 0 Å². The van der Waals surface area contributed by atoms with Gasteiger partial charge in [-0.3, -0.25) is 4.90 Å². The van der Waals surface area contributed by atoms with Crippen molar-refractivity contribution < 1.29 is 20.1 Å². The molecule has 1 aliphatic heterocycles. The first-order chi connectivity index (χ1) is 18.4. The summed E-state index contributed by atoms with van der Waals surface area (Å²) in [5, 5.41) is 35.0. The van der Waals surface area contributed by atoms with E-state index in [0.717, 1.165) is 57.5 Å². The van der Waals surface area contributed by atoms with Crippen LogP contribution in [0.5, 0.6) is 0 Å². The van der Waals surface area contributed by atoms with Gasteiger partial charge in [0.25, 0.3) is 0 Å². The Morgan fingerprint density at radius 1 is 1.11 bits per heavy atom. The monoisotopic (exact) mass is 526 g/mol. The molecule has 206 valence electrons. The lowest BCUT2D eigenvalue weighted by atomic mass is 10.2. The number of fused-ring (bicyclic) bond motifs is 1. The van der Waals surface area contributed by atoms with Gasteiger partial charge in [-0.2, -0.15) is 4.98 Å². The van der Waals surface area contributed by atoms with Crippen LogP contribution >= 0.6 is 0 Å². The molecule has 0 spiro atoms. The highest BCUT2D eigenvalue weighted by Crippen LogP contribution is 2.34. The van der Waals surface area contributed by atoms with Crippen molar-refractivity contribution in [2.75, 3.05) is 63.6 Å². The smallest absolute Gasteiger partial charge is 0.352 e. The van der Waals surface area contributed by atoms with Gasteiger partial charge >= 0.3 is 5.97 Å². The highest BCUT2D eigenvalue weighted by atomic mass is 16.4. The molecule has 0 amide bonds. The van der Waals surface area contributed by atoms with Crippen molar-refractivity contribution in [3.8, 4) is 0 Å². The fourth-order valence-corrected chi connectivity index (χ4v) is 5.07. The summed E-state index contributed by atoms with van der Waals surface area (Å²) in [6.45, 7) is 3.51. The van der Waals surface area contributed by atoms with Crippen LogP contribution in [0, 0.1) is 0 Å². The molecule has 3 aromatic heterocycles. The van der Waals surface area contributed by atoms with Crippen LogP contribution < -0.4 is 15.5 Å². The predicted octanol–water partition coefficient (Wildman–Crippen LogP) is 1.69. The summed E-state index contributed by atoms with van der Waals surface area (Å²) in [6.07, 6.45) is 6.86. The van der Waals surface area contributed by atoms with E-state index in [9.17, 15) is 15.0 Å². The molecule has 2 fully saturated rings. The topological polar surface area (TPSA) is 152 Å². The summed E-state index contributed by atoms with van der Waals surface area (Å²) in [5.41, 5.74) is 1.90. The lowest BCUT2D eigenvalue weighted by Crippen LogP contribution is -2.49. The number of β-amino-alcohol motifs (C(OH)–C–C–N with tert-alkyl or cyclic N) is 1. The summed E-state index contributed by atoms with van der Waals surface area (Å²) in [6, 6.07) is 5.67. The number of nitrogens with zero attached hydrogens (tertiary/aromatic N) is 6. The lowest BCUT2D eigenvalue weighted by molar-refractivity contribution is 0.0575. The molecular formula is C26H38N8O4. The predicted molar refractivity (Wildman–Crippen MR) is 146 cm³/mol. The van der Waals surface area contributed by atoms with Gasteiger partial charge in [0, 0.05) is 50.3 Å². The number of carbonyl (C=O) groups is 1. The Morgan fingerprint density at radius 2 is 1.82 bits per heavy atom. The number of aromatic nitrogens is 4. The molecule has 5 rings (SSSR count). The van der Waals surface area contributed by atoms with Gasteiger partial charge in [0.2, 0.25) is 5.95 Å². The Kier molecular flexibility index (Phi) is 9.45. The molecule has 5 N–H and O–H groups in total. The van der Waals surface area contributed by atoms with Crippen LogP contribution in [0.25, 0.3) is 11.0 Å². The molecule has 0 radical (unpaired) electrons. The van der Waals surface area contributed by atoms with Crippen LogP contribution in [0.2, 0.25) is 0 Å². The van der Waals surface area contributed by atoms with Gasteiger partial charge in [-0.15, -0.1) is 0 Å². The molecule has 12 heteroatoms. The molecule has 1 aliphatic carbocycles. The number of piperazine rings is 1. The Morgan fingerprint density at radius 3 is 2.42 bits per heavy atom. The maximum Gasteiger partial charge on any atom is 0.352 e. The van der Waals surface area contributed by atoms with Crippen LogP contribution in [0.3, 0.4) is 0 Å². The average molecular weight is 527 g/mol. The van der Waals surface area contributed by atoms with Gasteiger partial charge in [0.1, 0.15) is 17.2 Å². The number of carboxylic acid groups (broad SMARTS) is 1. The summed E-state index contributed by atoms with van der Waals surface area (Å²) in [5.74, 6) is 0.0328. The summed E-state index contributed by atoms with van der Waals surface area (Å²) < 4.78 is 1.85. The van der Waals surface area contributed by atoms with E-state index in [1.807, 2.05) is 37.0 Å². The summed E-state index contributed by atoms with van der Waals surface area (Å²) in [4.78, 5) is 29.8. The Labute approximate surface area is 222 Å². The molecule has 38 heavy (non-hydrogen) atoms. The first kappa shape index (κ1) is 27.7. The van der Waals surface area contributed by atoms with Crippen LogP contribution in [0.15, 0.2) is 30.6 Å². The number of aromatic carboxylic acids is 1. The van der Waals surface area contributed by atoms with E-state index in [4.69, 9.17) is 5.11 Å². The zero-order chi connectivity index (χ0) is 27.1. The molecule has 0 bridgehead atoms. The van der Waals surface area contributed by atoms with Crippen molar-refractivity contribution in [3.05, 3.63) is 36.3 Å². The lowest BCUT2D eigenvalue weighted by Gasteiger charge is -2.36. The molecule has 1 saturated carbocycles. The Hall–Kier alpha value is -3.32. The molecule has 0 unspecified atom stereocenters. The van der Waals surface area contributed by atoms with Gasteiger partial charge in [0.05, 0.1) is 24.6 Å². The molecule has 1 atom stereocenters. The number of hydrogen-bond acceptors (Lipinski definition) is 10. The molecular weight excluding hydrogens is 488 g/mol. The zero-order valence-electron chi connectivity index (χ0n) is 22.0. The molecule has 2 aliphatic rings. The van der Waals surface area contributed by atoms with E-state index < -0.39 is 12.1 Å². The quantitative estimate of drug-likeness (QED) is 0.292. The number of hydrogen-bond donors (Lipinski definition) is 5. The number of anilines is 3. The molecule has 3 aromatic rings. The van der Waals surface area contributed by atoms with Crippen molar-refractivity contribution >= 4 is 34.5 Å². The third kappa shape index (κ3) is 6.57. The van der Waals surface area contributed by atoms with E-state index in [0.29, 0.717) is 29.3 Å². The Bertz CT molecular complexity index is 1190. The summed E-state index contributed by atoms with van der Waals surface area (Å²) >= 11 is 0. The largest absolute Gasteiger partial charge is 0.477 e. The highest BCUT2D eigenvalue weighted by molar-refractivity contribution is 5.93. The molecule has 12 nitrogen and oxygen atoms in total. The first-order valence-electron chi connectivity index (χ1n) is 13.1. The number of aliphatic hydroxyl groups is 2. The van der Waals surface area contributed by atoms with Crippen molar-refractivity contribution in [2.24, 2.45) is 0 Å². The second kappa shape index (κ2) is 13.0. The highest BCUT2D eigenvalue weighted by Gasteiger charge is 2.25. The second-order valence-corrected chi connectivity index (χ2v) is 9.77. The van der Waals surface area contributed by atoms with Gasteiger partial charge < -0.3 is 35.4 Å². The maximum atomic E-state index is 11.8. The minimum absolute atomic E-state index is 0.145. The van der Waals surface area contributed by atoms with E-state index in [1.54, 1.807) is 12.3 Å². The van der Waals surface area contributed by atoms with Crippen LogP contribution in [0.1, 0.15) is 42.2 Å². The zero-order valence-corrected chi connectivity index (χ0v) is 22.0. The van der Waals surface area contributed by atoms with Crippen LogP contribution in [-0.2, 0) is 0 Å².